The maximum absolute atomic E-state index is 12.6. The van der Waals surface area contributed by atoms with Gasteiger partial charge in [-0.05, 0) is 31.9 Å². The molecule has 0 aromatic heterocycles. The number of amides is 2. The SMILES string of the molecule is Cc1ccc(C(=O)CCC(=O)NC2CCN(C(=O)c3ccccc3S)CC2)cc1. The van der Waals surface area contributed by atoms with Gasteiger partial charge in [0.25, 0.3) is 5.91 Å². The van der Waals surface area contributed by atoms with Gasteiger partial charge in [-0.3, -0.25) is 14.4 Å². The molecule has 0 aliphatic carbocycles. The highest BCUT2D eigenvalue weighted by Crippen LogP contribution is 2.19. The number of ketones is 1. The molecule has 2 aromatic rings. The van der Waals surface area contributed by atoms with Gasteiger partial charge in [-0.2, -0.15) is 0 Å². The van der Waals surface area contributed by atoms with Crippen LogP contribution in [0.3, 0.4) is 0 Å². The molecule has 152 valence electrons. The first kappa shape index (κ1) is 21.1. The van der Waals surface area contributed by atoms with E-state index in [1.54, 1.807) is 29.2 Å². The summed E-state index contributed by atoms with van der Waals surface area (Å²) in [6, 6.07) is 14.7. The van der Waals surface area contributed by atoms with E-state index >= 15 is 0 Å². The summed E-state index contributed by atoms with van der Waals surface area (Å²) in [5.74, 6) is -0.161. The topological polar surface area (TPSA) is 66.5 Å². The maximum Gasteiger partial charge on any atom is 0.254 e. The lowest BCUT2D eigenvalue weighted by atomic mass is 10.0. The van der Waals surface area contributed by atoms with Gasteiger partial charge in [-0.15, -0.1) is 12.6 Å². The molecule has 1 saturated heterocycles. The number of benzene rings is 2. The number of carbonyl (C=O) groups is 3. The van der Waals surface area contributed by atoms with Crippen LogP contribution in [0.15, 0.2) is 53.4 Å². The molecule has 0 bridgehead atoms. The highest BCUT2D eigenvalue weighted by molar-refractivity contribution is 7.80. The van der Waals surface area contributed by atoms with Crippen molar-refractivity contribution >= 4 is 30.2 Å². The van der Waals surface area contributed by atoms with E-state index < -0.39 is 0 Å². The minimum absolute atomic E-state index is 0.0222. The number of Topliss-reactive ketones (excluding diaryl/α,β-unsaturated/α-hetero) is 1. The van der Waals surface area contributed by atoms with Crippen LogP contribution in [0.4, 0.5) is 0 Å². The van der Waals surface area contributed by atoms with E-state index in [2.05, 4.69) is 17.9 Å². The predicted octanol–water partition coefficient (Wildman–Crippen LogP) is 3.67. The number of carbonyl (C=O) groups excluding carboxylic acids is 3. The third-order valence-corrected chi connectivity index (χ3v) is 5.62. The van der Waals surface area contributed by atoms with E-state index in [4.69, 9.17) is 0 Å². The number of rotatable bonds is 6. The Morgan fingerprint density at radius 2 is 1.66 bits per heavy atom. The normalized spacial score (nSPS) is 14.5. The summed E-state index contributed by atoms with van der Waals surface area (Å²) in [5.41, 5.74) is 2.34. The van der Waals surface area contributed by atoms with Gasteiger partial charge in [-0.1, -0.05) is 42.0 Å². The van der Waals surface area contributed by atoms with Crippen LogP contribution in [0, 0.1) is 6.92 Å². The number of hydrogen-bond donors (Lipinski definition) is 2. The molecule has 3 rings (SSSR count). The first-order valence-corrected chi connectivity index (χ1v) is 10.4. The molecule has 29 heavy (non-hydrogen) atoms. The van der Waals surface area contributed by atoms with Crippen LogP contribution in [0.1, 0.15) is 52.0 Å². The monoisotopic (exact) mass is 410 g/mol. The number of thiol groups is 1. The molecule has 0 unspecified atom stereocenters. The summed E-state index contributed by atoms with van der Waals surface area (Å²) in [6.07, 6.45) is 1.79. The smallest absolute Gasteiger partial charge is 0.254 e. The fraction of sp³-hybridized carbons (Fsp3) is 0.348. The molecular weight excluding hydrogens is 384 g/mol. The van der Waals surface area contributed by atoms with Crippen LogP contribution in [0.5, 0.6) is 0 Å². The average molecular weight is 411 g/mol. The molecule has 5 nitrogen and oxygen atoms in total. The first-order valence-electron chi connectivity index (χ1n) is 9.90. The molecule has 1 heterocycles. The highest BCUT2D eigenvalue weighted by atomic mass is 32.1. The van der Waals surface area contributed by atoms with Crippen LogP contribution in [-0.4, -0.2) is 41.6 Å². The van der Waals surface area contributed by atoms with Crippen LogP contribution in [-0.2, 0) is 4.79 Å². The van der Waals surface area contributed by atoms with E-state index in [1.807, 2.05) is 31.2 Å². The van der Waals surface area contributed by atoms with E-state index in [9.17, 15) is 14.4 Å². The highest BCUT2D eigenvalue weighted by Gasteiger charge is 2.25. The number of nitrogens with one attached hydrogen (secondary N) is 1. The first-order chi connectivity index (χ1) is 13.9. The molecule has 2 aromatic carbocycles. The Labute approximate surface area is 176 Å². The summed E-state index contributed by atoms with van der Waals surface area (Å²) >= 11 is 4.36. The zero-order valence-corrected chi connectivity index (χ0v) is 17.5. The van der Waals surface area contributed by atoms with Crippen molar-refractivity contribution < 1.29 is 14.4 Å². The van der Waals surface area contributed by atoms with Gasteiger partial charge in [0.15, 0.2) is 5.78 Å². The van der Waals surface area contributed by atoms with Crippen molar-refractivity contribution in [1.29, 1.82) is 0 Å². The zero-order valence-electron chi connectivity index (χ0n) is 16.6. The second kappa shape index (κ2) is 9.74. The standard InChI is InChI=1S/C23H26N2O3S/c1-16-6-8-17(9-7-16)20(26)10-11-22(27)24-18-12-14-25(15-13-18)23(28)19-4-2-3-5-21(19)29/h2-9,18,29H,10-15H2,1H3,(H,24,27). The van der Waals surface area contributed by atoms with E-state index in [-0.39, 0.29) is 36.5 Å². The Kier molecular flexibility index (Phi) is 7.09. The lowest BCUT2D eigenvalue weighted by Gasteiger charge is -2.32. The summed E-state index contributed by atoms with van der Waals surface area (Å²) < 4.78 is 0. The summed E-state index contributed by atoms with van der Waals surface area (Å²) in [4.78, 5) is 39.5. The predicted molar refractivity (Wildman–Crippen MR) is 116 cm³/mol. The molecule has 1 aliphatic rings. The van der Waals surface area contributed by atoms with E-state index in [0.717, 1.165) is 5.56 Å². The number of nitrogens with zero attached hydrogens (tertiary/aromatic N) is 1. The minimum atomic E-state index is -0.115. The lowest BCUT2D eigenvalue weighted by molar-refractivity contribution is -0.122. The van der Waals surface area contributed by atoms with Crippen molar-refractivity contribution in [3.8, 4) is 0 Å². The fourth-order valence-corrected chi connectivity index (χ4v) is 3.72. The maximum atomic E-state index is 12.6. The average Bonchev–Trinajstić information content (AvgIpc) is 2.73. The third-order valence-electron chi connectivity index (χ3n) is 5.23. The fourth-order valence-electron chi connectivity index (χ4n) is 3.46. The Balaban J connectivity index is 1.42. The molecular formula is C23H26N2O3S. The van der Waals surface area contributed by atoms with Crippen LogP contribution < -0.4 is 5.32 Å². The van der Waals surface area contributed by atoms with Gasteiger partial charge in [-0.25, -0.2) is 0 Å². The van der Waals surface area contributed by atoms with Crippen molar-refractivity contribution in [3.05, 3.63) is 65.2 Å². The molecule has 1 N–H and O–H groups in total. The van der Waals surface area contributed by atoms with E-state index in [0.29, 0.717) is 42.0 Å². The van der Waals surface area contributed by atoms with Crippen molar-refractivity contribution in [2.75, 3.05) is 13.1 Å². The quantitative estimate of drug-likeness (QED) is 0.564. The summed E-state index contributed by atoms with van der Waals surface area (Å²) in [6.45, 7) is 3.15. The van der Waals surface area contributed by atoms with Gasteiger partial charge < -0.3 is 10.2 Å². The molecule has 1 aliphatic heterocycles. The molecule has 0 spiro atoms. The number of piperidine rings is 1. The number of likely N-dealkylation sites (tertiary alicyclic amines) is 1. The Morgan fingerprint density at radius 3 is 2.31 bits per heavy atom. The largest absolute Gasteiger partial charge is 0.353 e. The second-order valence-electron chi connectivity index (χ2n) is 7.44. The molecule has 0 radical (unpaired) electrons. The van der Waals surface area contributed by atoms with Crippen LogP contribution in [0.2, 0.25) is 0 Å². The van der Waals surface area contributed by atoms with Crippen molar-refractivity contribution in [2.24, 2.45) is 0 Å². The zero-order chi connectivity index (χ0) is 20.8. The third kappa shape index (κ3) is 5.70. The summed E-state index contributed by atoms with van der Waals surface area (Å²) in [5, 5.41) is 3.00. The molecule has 1 fully saturated rings. The van der Waals surface area contributed by atoms with Gasteiger partial charge in [0, 0.05) is 42.4 Å². The molecule has 0 atom stereocenters. The molecule has 6 heteroatoms. The Hall–Kier alpha value is -2.60. The van der Waals surface area contributed by atoms with Crippen LogP contribution in [0.25, 0.3) is 0 Å². The summed E-state index contributed by atoms with van der Waals surface area (Å²) in [7, 11) is 0. The Bertz CT molecular complexity index is 887. The van der Waals surface area contributed by atoms with Crippen molar-refractivity contribution in [2.45, 2.75) is 43.5 Å². The van der Waals surface area contributed by atoms with Crippen molar-refractivity contribution in [1.82, 2.24) is 10.2 Å². The van der Waals surface area contributed by atoms with E-state index in [1.165, 1.54) is 0 Å². The van der Waals surface area contributed by atoms with Gasteiger partial charge in [0.05, 0.1) is 5.56 Å². The minimum Gasteiger partial charge on any atom is -0.353 e. The Morgan fingerprint density at radius 1 is 1.00 bits per heavy atom. The van der Waals surface area contributed by atoms with Crippen LogP contribution >= 0.6 is 12.6 Å². The number of aryl methyl sites for hydroxylation is 1. The van der Waals surface area contributed by atoms with Gasteiger partial charge >= 0.3 is 0 Å². The van der Waals surface area contributed by atoms with Gasteiger partial charge in [0.1, 0.15) is 0 Å². The van der Waals surface area contributed by atoms with Gasteiger partial charge in [0.2, 0.25) is 5.91 Å². The second-order valence-corrected chi connectivity index (χ2v) is 7.92. The lowest BCUT2D eigenvalue weighted by Crippen LogP contribution is -2.46. The number of hydrogen-bond acceptors (Lipinski definition) is 4. The molecule has 0 saturated carbocycles. The molecule has 2 amide bonds. The van der Waals surface area contributed by atoms with Crippen molar-refractivity contribution in [3.63, 3.8) is 0 Å².